The van der Waals surface area contributed by atoms with Crippen molar-refractivity contribution in [3.63, 3.8) is 0 Å². The summed E-state index contributed by atoms with van der Waals surface area (Å²) in [6, 6.07) is 1.31. The minimum Gasteiger partial charge on any atom is -0.481 e. The molecule has 0 radical (unpaired) electrons. The van der Waals surface area contributed by atoms with Crippen LogP contribution in [-0.2, 0) is 0 Å². The number of hydrogen-bond donors (Lipinski definition) is 1. The third-order valence-electron chi connectivity index (χ3n) is 2.24. The van der Waals surface area contributed by atoms with Gasteiger partial charge >= 0.3 is 5.97 Å². The number of aromatic carboxylic acids is 1. The van der Waals surface area contributed by atoms with E-state index in [-0.39, 0.29) is 17.4 Å². The van der Waals surface area contributed by atoms with E-state index in [1.165, 1.54) is 17.7 Å². The summed E-state index contributed by atoms with van der Waals surface area (Å²) in [4.78, 5) is 18.9. The van der Waals surface area contributed by atoms with E-state index < -0.39 is 5.97 Å². The predicted molar refractivity (Wildman–Crippen MR) is 58.4 cm³/mol. The van der Waals surface area contributed by atoms with E-state index in [0.29, 0.717) is 11.7 Å². The van der Waals surface area contributed by atoms with Crippen molar-refractivity contribution in [3.8, 4) is 5.88 Å². The highest BCUT2D eigenvalue weighted by Gasteiger charge is 2.16. The molecule has 0 amide bonds. The summed E-state index contributed by atoms with van der Waals surface area (Å²) in [6.45, 7) is 3.89. The minimum atomic E-state index is -1.13. The van der Waals surface area contributed by atoms with Crippen LogP contribution < -0.4 is 4.74 Å². The Morgan fingerprint density at radius 2 is 2.18 bits per heavy atom. The minimum absolute atomic E-state index is 0.114. The Bertz CT molecular complexity index is 576. The van der Waals surface area contributed by atoms with E-state index in [2.05, 4.69) is 15.1 Å². The number of aromatic nitrogens is 4. The van der Waals surface area contributed by atoms with Gasteiger partial charge in [-0.2, -0.15) is 9.50 Å². The first-order valence-corrected chi connectivity index (χ1v) is 5.08. The van der Waals surface area contributed by atoms with Crippen LogP contribution in [0.2, 0.25) is 0 Å². The zero-order valence-electron chi connectivity index (χ0n) is 9.71. The van der Waals surface area contributed by atoms with Gasteiger partial charge in [-0.15, -0.1) is 5.10 Å². The Kier molecular flexibility index (Phi) is 2.66. The number of fused-ring (bicyclic) bond motifs is 1. The maximum Gasteiger partial charge on any atom is 0.354 e. The maximum absolute atomic E-state index is 10.9. The summed E-state index contributed by atoms with van der Waals surface area (Å²) >= 11 is 0. The van der Waals surface area contributed by atoms with Crippen LogP contribution in [0.5, 0.6) is 5.88 Å². The lowest BCUT2D eigenvalue weighted by atomic mass is 10.2. The predicted octanol–water partition coefficient (Wildman–Crippen LogP) is 0.954. The number of carbonyl (C=O) groups is 1. The molecule has 2 rings (SSSR count). The van der Waals surface area contributed by atoms with Crippen molar-refractivity contribution < 1.29 is 14.6 Å². The Morgan fingerprint density at radius 1 is 1.47 bits per heavy atom. The van der Waals surface area contributed by atoms with Gasteiger partial charge in [0.05, 0.1) is 7.11 Å². The molecule has 0 aliphatic carbocycles. The van der Waals surface area contributed by atoms with Crippen LogP contribution in [0.25, 0.3) is 5.78 Å². The van der Waals surface area contributed by atoms with Crippen LogP contribution >= 0.6 is 0 Å². The summed E-state index contributed by atoms with van der Waals surface area (Å²) in [5.74, 6) is 0.130. The summed E-state index contributed by atoms with van der Waals surface area (Å²) in [5, 5.41) is 13.1. The van der Waals surface area contributed by atoms with Gasteiger partial charge in [0, 0.05) is 12.0 Å². The number of carboxylic acids is 1. The molecule has 0 bridgehead atoms. The molecule has 0 saturated carbocycles. The third-order valence-corrected chi connectivity index (χ3v) is 2.24. The van der Waals surface area contributed by atoms with Crippen molar-refractivity contribution in [3.05, 3.63) is 17.6 Å². The van der Waals surface area contributed by atoms with Gasteiger partial charge in [-0.3, -0.25) is 0 Å². The van der Waals surface area contributed by atoms with Gasteiger partial charge in [-0.25, -0.2) is 9.78 Å². The molecule has 2 aromatic heterocycles. The van der Waals surface area contributed by atoms with E-state index in [1.54, 1.807) is 0 Å². The highest BCUT2D eigenvalue weighted by Crippen LogP contribution is 2.16. The standard InChI is InChI=1S/C10H12N4O3/c1-5(2)8-12-10-11-6(9(15)16)4-7(17-3)14(10)13-8/h4-5H,1-3H3,(H,15,16). The SMILES string of the molecule is COc1cc(C(=O)O)nc2nc(C(C)C)nn12. The second-order valence-corrected chi connectivity index (χ2v) is 3.83. The molecular weight excluding hydrogens is 224 g/mol. The van der Waals surface area contributed by atoms with Crippen molar-refractivity contribution in [1.82, 2.24) is 19.6 Å². The van der Waals surface area contributed by atoms with Gasteiger partial charge in [0.25, 0.3) is 5.78 Å². The fraction of sp³-hybridized carbons (Fsp3) is 0.400. The van der Waals surface area contributed by atoms with Gasteiger partial charge in [-0.05, 0) is 0 Å². The van der Waals surface area contributed by atoms with Crippen molar-refractivity contribution in [2.75, 3.05) is 7.11 Å². The van der Waals surface area contributed by atoms with Crippen molar-refractivity contribution >= 4 is 11.7 Å². The second kappa shape index (κ2) is 4.00. The van der Waals surface area contributed by atoms with Gasteiger partial charge in [0.1, 0.15) is 0 Å². The molecule has 0 fully saturated rings. The van der Waals surface area contributed by atoms with Crippen LogP contribution in [0.15, 0.2) is 6.07 Å². The van der Waals surface area contributed by atoms with Crippen LogP contribution in [0.4, 0.5) is 0 Å². The molecule has 0 aromatic carbocycles. The van der Waals surface area contributed by atoms with E-state index in [9.17, 15) is 4.79 Å². The van der Waals surface area contributed by atoms with Crippen molar-refractivity contribution in [1.29, 1.82) is 0 Å². The molecule has 17 heavy (non-hydrogen) atoms. The maximum atomic E-state index is 10.9. The molecule has 0 aliphatic rings. The van der Waals surface area contributed by atoms with E-state index in [0.717, 1.165) is 0 Å². The number of hydrogen-bond acceptors (Lipinski definition) is 5. The summed E-state index contributed by atoms with van der Waals surface area (Å²) in [7, 11) is 1.44. The van der Waals surface area contributed by atoms with Crippen LogP contribution in [0.3, 0.4) is 0 Å². The van der Waals surface area contributed by atoms with Gasteiger partial charge in [0.15, 0.2) is 11.5 Å². The number of methoxy groups -OCH3 is 1. The lowest BCUT2D eigenvalue weighted by molar-refractivity contribution is 0.0690. The van der Waals surface area contributed by atoms with Crippen LogP contribution in [0, 0.1) is 0 Å². The molecule has 7 heteroatoms. The third kappa shape index (κ3) is 1.91. The molecule has 0 aliphatic heterocycles. The summed E-state index contributed by atoms with van der Waals surface area (Å²) in [5.41, 5.74) is -0.114. The Balaban J connectivity index is 2.69. The largest absolute Gasteiger partial charge is 0.481 e. The van der Waals surface area contributed by atoms with Gasteiger partial charge < -0.3 is 9.84 Å². The Morgan fingerprint density at radius 3 is 2.71 bits per heavy atom. The highest BCUT2D eigenvalue weighted by atomic mass is 16.5. The monoisotopic (exact) mass is 236 g/mol. The first-order chi connectivity index (χ1) is 8.02. The first-order valence-electron chi connectivity index (χ1n) is 5.08. The fourth-order valence-electron chi connectivity index (χ4n) is 1.36. The molecule has 0 spiro atoms. The molecule has 90 valence electrons. The molecular formula is C10H12N4O3. The normalized spacial score (nSPS) is 11.1. The summed E-state index contributed by atoms with van der Waals surface area (Å²) < 4.78 is 6.46. The van der Waals surface area contributed by atoms with Crippen molar-refractivity contribution in [2.24, 2.45) is 0 Å². The Hall–Kier alpha value is -2.18. The van der Waals surface area contributed by atoms with Crippen LogP contribution in [0.1, 0.15) is 36.1 Å². The quantitative estimate of drug-likeness (QED) is 0.853. The van der Waals surface area contributed by atoms with E-state index in [4.69, 9.17) is 9.84 Å². The summed E-state index contributed by atoms with van der Waals surface area (Å²) in [6.07, 6.45) is 0. The smallest absolute Gasteiger partial charge is 0.354 e. The molecule has 0 saturated heterocycles. The molecule has 7 nitrogen and oxygen atoms in total. The number of rotatable bonds is 3. The lowest BCUT2D eigenvalue weighted by Gasteiger charge is -2.02. The number of nitrogens with zero attached hydrogens (tertiary/aromatic N) is 4. The second-order valence-electron chi connectivity index (χ2n) is 3.83. The molecule has 0 unspecified atom stereocenters. The number of ether oxygens (including phenoxy) is 1. The van der Waals surface area contributed by atoms with Gasteiger partial charge in [-0.1, -0.05) is 13.8 Å². The van der Waals surface area contributed by atoms with E-state index in [1.807, 2.05) is 13.8 Å². The fourth-order valence-corrected chi connectivity index (χ4v) is 1.36. The zero-order valence-corrected chi connectivity index (χ0v) is 9.71. The number of carboxylic acid groups (broad SMARTS) is 1. The zero-order chi connectivity index (χ0) is 12.6. The Labute approximate surface area is 97.1 Å². The molecule has 2 heterocycles. The molecule has 1 N–H and O–H groups in total. The highest BCUT2D eigenvalue weighted by molar-refractivity contribution is 5.86. The van der Waals surface area contributed by atoms with Gasteiger partial charge in [0.2, 0.25) is 5.88 Å². The van der Waals surface area contributed by atoms with Crippen LogP contribution in [-0.4, -0.2) is 37.8 Å². The lowest BCUT2D eigenvalue weighted by Crippen LogP contribution is -2.05. The average molecular weight is 236 g/mol. The first kappa shape index (κ1) is 11.3. The topological polar surface area (TPSA) is 89.6 Å². The van der Waals surface area contributed by atoms with Crippen molar-refractivity contribution in [2.45, 2.75) is 19.8 Å². The average Bonchev–Trinajstić information content (AvgIpc) is 2.71. The molecule has 0 atom stereocenters. The van der Waals surface area contributed by atoms with E-state index >= 15 is 0 Å². The molecule has 2 aromatic rings.